The van der Waals surface area contributed by atoms with Crippen LogP contribution in [0.25, 0.3) is 0 Å². The molecule has 0 amide bonds. The van der Waals surface area contributed by atoms with E-state index < -0.39 is 0 Å². The van der Waals surface area contributed by atoms with Gasteiger partial charge in [0, 0.05) is 25.3 Å². The van der Waals surface area contributed by atoms with Crippen molar-refractivity contribution < 1.29 is 9.47 Å². The molecule has 1 aliphatic rings. The van der Waals surface area contributed by atoms with E-state index >= 15 is 0 Å². The number of hydrogen-bond acceptors (Lipinski definition) is 4. The van der Waals surface area contributed by atoms with Crippen LogP contribution >= 0.6 is 0 Å². The van der Waals surface area contributed by atoms with E-state index in [-0.39, 0.29) is 0 Å². The molecule has 1 saturated heterocycles. The van der Waals surface area contributed by atoms with Crippen molar-refractivity contribution in [1.82, 2.24) is 4.90 Å². The number of ether oxygens (including phenoxy) is 2. The van der Waals surface area contributed by atoms with Crippen LogP contribution in [0.3, 0.4) is 0 Å². The summed E-state index contributed by atoms with van der Waals surface area (Å²) in [5, 5.41) is 3.09. The van der Waals surface area contributed by atoms with Crippen molar-refractivity contribution in [2.24, 2.45) is 10.7 Å². The zero-order valence-electron chi connectivity index (χ0n) is 16.9. The third-order valence-electron chi connectivity index (χ3n) is 4.72. The summed E-state index contributed by atoms with van der Waals surface area (Å²) in [6.07, 6.45) is 0.581. The van der Waals surface area contributed by atoms with Crippen LogP contribution in [0, 0.1) is 0 Å². The van der Waals surface area contributed by atoms with Gasteiger partial charge in [-0.2, -0.15) is 0 Å². The quantitative estimate of drug-likeness (QED) is 0.593. The number of methoxy groups -OCH3 is 1. The van der Waals surface area contributed by atoms with Gasteiger partial charge in [0.05, 0.1) is 25.9 Å². The molecule has 1 heterocycles. The fourth-order valence-corrected chi connectivity index (χ4v) is 3.46. The molecule has 0 saturated carbocycles. The van der Waals surface area contributed by atoms with Gasteiger partial charge >= 0.3 is 0 Å². The molecule has 0 radical (unpaired) electrons. The number of benzene rings is 2. The molecule has 2 aromatic rings. The number of guanidine groups is 1. The van der Waals surface area contributed by atoms with E-state index in [1.54, 1.807) is 7.11 Å². The first-order chi connectivity index (χ1) is 13.5. The van der Waals surface area contributed by atoms with Crippen LogP contribution in [0.5, 0.6) is 5.75 Å². The zero-order chi connectivity index (χ0) is 19.9. The number of nitrogens with one attached hydrogen (secondary N) is 1. The standard InChI is InChI=1S/C22H30N4O2/c1-16-13-26(14-17(2)28-16)15-19-6-4-18(5-7-19)12-24-22(23)25-20-8-10-21(27-3)11-9-20/h4-11,16-17H,12-15H2,1-3H3,(H3,23,24,25). The smallest absolute Gasteiger partial charge is 0.193 e. The van der Waals surface area contributed by atoms with Crippen molar-refractivity contribution in [3.63, 3.8) is 0 Å². The Hall–Kier alpha value is -2.57. The largest absolute Gasteiger partial charge is 0.497 e. The fourth-order valence-electron chi connectivity index (χ4n) is 3.46. The second-order valence-electron chi connectivity index (χ2n) is 7.32. The maximum Gasteiger partial charge on any atom is 0.193 e. The van der Waals surface area contributed by atoms with E-state index in [0.717, 1.165) is 36.6 Å². The van der Waals surface area contributed by atoms with Crippen molar-refractivity contribution in [1.29, 1.82) is 0 Å². The summed E-state index contributed by atoms with van der Waals surface area (Å²) in [6, 6.07) is 16.1. The van der Waals surface area contributed by atoms with Crippen LogP contribution in [0.15, 0.2) is 53.5 Å². The highest BCUT2D eigenvalue weighted by molar-refractivity contribution is 5.92. The van der Waals surface area contributed by atoms with Gasteiger partial charge in [-0.1, -0.05) is 24.3 Å². The molecule has 6 nitrogen and oxygen atoms in total. The molecule has 0 aliphatic carbocycles. The summed E-state index contributed by atoms with van der Waals surface area (Å²) in [5.41, 5.74) is 9.31. The second-order valence-corrected chi connectivity index (χ2v) is 7.32. The first-order valence-corrected chi connectivity index (χ1v) is 9.68. The van der Waals surface area contributed by atoms with Gasteiger partial charge in [0.15, 0.2) is 5.96 Å². The van der Waals surface area contributed by atoms with Gasteiger partial charge in [-0.15, -0.1) is 0 Å². The number of nitrogens with two attached hydrogens (primary N) is 1. The lowest BCUT2D eigenvalue weighted by Gasteiger charge is -2.35. The van der Waals surface area contributed by atoms with E-state index in [0.29, 0.717) is 24.7 Å². The molecule has 2 aromatic carbocycles. The van der Waals surface area contributed by atoms with Crippen molar-refractivity contribution in [2.45, 2.75) is 39.1 Å². The first-order valence-electron chi connectivity index (χ1n) is 9.68. The summed E-state index contributed by atoms with van der Waals surface area (Å²) in [6.45, 7) is 7.71. The van der Waals surface area contributed by atoms with Gasteiger partial charge in [0.2, 0.25) is 0 Å². The Morgan fingerprint density at radius 3 is 2.29 bits per heavy atom. The predicted molar refractivity (Wildman–Crippen MR) is 114 cm³/mol. The molecule has 6 heteroatoms. The lowest BCUT2D eigenvalue weighted by atomic mass is 10.1. The molecule has 0 aromatic heterocycles. The number of aliphatic imine (C=N–C) groups is 1. The minimum Gasteiger partial charge on any atom is -0.497 e. The molecule has 2 atom stereocenters. The van der Waals surface area contributed by atoms with Gasteiger partial charge in [0.1, 0.15) is 5.75 Å². The van der Waals surface area contributed by atoms with Crippen molar-refractivity contribution in [3.05, 3.63) is 59.7 Å². The Morgan fingerprint density at radius 1 is 1.07 bits per heavy atom. The molecule has 0 spiro atoms. The normalized spacial score (nSPS) is 20.8. The topological polar surface area (TPSA) is 72.1 Å². The number of rotatable bonds is 6. The summed E-state index contributed by atoms with van der Waals surface area (Å²) in [4.78, 5) is 6.87. The van der Waals surface area contributed by atoms with Crippen LogP contribution in [-0.2, 0) is 17.8 Å². The van der Waals surface area contributed by atoms with Gasteiger partial charge in [-0.3, -0.25) is 4.90 Å². The average molecular weight is 383 g/mol. The molecule has 1 fully saturated rings. The summed E-state index contributed by atoms with van der Waals surface area (Å²) < 4.78 is 11.0. The van der Waals surface area contributed by atoms with E-state index in [2.05, 4.69) is 53.3 Å². The molecule has 0 bridgehead atoms. The highest BCUT2D eigenvalue weighted by Crippen LogP contribution is 2.16. The third kappa shape index (κ3) is 5.97. The minimum atomic E-state index is 0.290. The highest BCUT2D eigenvalue weighted by Gasteiger charge is 2.21. The van der Waals surface area contributed by atoms with E-state index in [1.807, 2.05) is 24.3 Å². The number of anilines is 1. The molecule has 150 valence electrons. The number of hydrogen-bond donors (Lipinski definition) is 2. The molecule has 3 rings (SSSR count). The van der Waals surface area contributed by atoms with Gasteiger partial charge in [0.25, 0.3) is 0 Å². The van der Waals surface area contributed by atoms with Gasteiger partial charge in [-0.05, 0) is 49.2 Å². The van der Waals surface area contributed by atoms with Gasteiger partial charge < -0.3 is 20.5 Å². The Kier molecular flexibility index (Phi) is 6.90. The summed E-state index contributed by atoms with van der Waals surface area (Å²) in [5.74, 6) is 1.20. The average Bonchev–Trinajstić information content (AvgIpc) is 2.67. The minimum absolute atomic E-state index is 0.290. The molecular weight excluding hydrogens is 352 g/mol. The Bertz CT molecular complexity index is 764. The molecule has 3 N–H and O–H groups in total. The highest BCUT2D eigenvalue weighted by atomic mass is 16.5. The molecule has 2 unspecified atom stereocenters. The second kappa shape index (κ2) is 9.57. The van der Waals surface area contributed by atoms with Gasteiger partial charge in [-0.25, -0.2) is 4.99 Å². The first kappa shape index (κ1) is 20.2. The summed E-state index contributed by atoms with van der Waals surface area (Å²) in [7, 11) is 1.64. The van der Waals surface area contributed by atoms with E-state index in [9.17, 15) is 0 Å². The maximum absolute atomic E-state index is 5.99. The lowest BCUT2D eigenvalue weighted by molar-refractivity contribution is -0.0704. The maximum atomic E-state index is 5.99. The fraction of sp³-hybridized carbons (Fsp3) is 0.409. The predicted octanol–water partition coefficient (Wildman–Crippen LogP) is 3.23. The molecule has 28 heavy (non-hydrogen) atoms. The van der Waals surface area contributed by atoms with Crippen molar-refractivity contribution >= 4 is 11.6 Å². The van der Waals surface area contributed by atoms with Crippen molar-refractivity contribution in [2.75, 3.05) is 25.5 Å². The summed E-state index contributed by atoms with van der Waals surface area (Å²) >= 11 is 0. The SMILES string of the molecule is COc1ccc(NC(N)=NCc2ccc(CN3CC(C)OC(C)C3)cc2)cc1. The van der Waals surface area contributed by atoms with Crippen molar-refractivity contribution in [3.8, 4) is 5.75 Å². The third-order valence-corrected chi connectivity index (χ3v) is 4.72. The van der Waals surface area contributed by atoms with Crippen LogP contribution in [-0.4, -0.2) is 43.3 Å². The van der Waals surface area contributed by atoms with Crippen LogP contribution in [0.4, 0.5) is 5.69 Å². The van der Waals surface area contributed by atoms with Crippen LogP contribution in [0.1, 0.15) is 25.0 Å². The number of nitrogens with zero attached hydrogens (tertiary/aromatic N) is 2. The Morgan fingerprint density at radius 2 is 1.68 bits per heavy atom. The molecule has 1 aliphatic heterocycles. The zero-order valence-corrected chi connectivity index (χ0v) is 16.9. The van der Waals surface area contributed by atoms with E-state index in [1.165, 1.54) is 5.56 Å². The number of morpholine rings is 1. The van der Waals surface area contributed by atoms with E-state index in [4.69, 9.17) is 15.2 Å². The monoisotopic (exact) mass is 382 g/mol. The lowest BCUT2D eigenvalue weighted by Crippen LogP contribution is -2.44. The molecular formula is C22H30N4O2. The Balaban J connectivity index is 1.51. The Labute approximate surface area is 167 Å². The van der Waals surface area contributed by atoms with Crippen LogP contribution < -0.4 is 15.8 Å². The van der Waals surface area contributed by atoms with Crippen LogP contribution in [0.2, 0.25) is 0 Å².